The van der Waals surface area contributed by atoms with Gasteiger partial charge in [0, 0.05) is 37.7 Å². The van der Waals surface area contributed by atoms with Gasteiger partial charge in [-0.05, 0) is 73.2 Å². The molecule has 3 heterocycles. The van der Waals surface area contributed by atoms with Crippen molar-refractivity contribution >= 4 is 17.4 Å². The molecule has 5 rings (SSSR count). The normalized spacial score (nSPS) is 17.9. The average molecular weight is 512 g/mol. The zero-order chi connectivity index (χ0) is 26.3. The zero-order valence-corrected chi connectivity index (χ0v) is 22.1. The highest BCUT2D eigenvalue weighted by molar-refractivity contribution is 6.02. The SMILES string of the molecule is CON=C(c1ccc(-c2ccccc2)cc1)C1CCN(C(=O)C2CCN(Cc3ccnc(N)c3)CC2)CC1. The number of carbonyl (C=O) groups is 1. The summed E-state index contributed by atoms with van der Waals surface area (Å²) in [5.41, 5.74) is 11.4. The summed E-state index contributed by atoms with van der Waals surface area (Å²) >= 11 is 0. The molecule has 7 nitrogen and oxygen atoms in total. The maximum absolute atomic E-state index is 13.3. The first-order valence-electron chi connectivity index (χ1n) is 13.6. The number of aromatic nitrogens is 1. The van der Waals surface area contributed by atoms with Crippen LogP contribution in [0.2, 0.25) is 0 Å². The summed E-state index contributed by atoms with van der Waals surface area (Å²) in [6, 6.07) is 22.9. The topological polar surface area (TPSA) is 84.0 Å². The van der Waals surface area contributed by atoms with Gasteiger partial charge in [0.15, 0.2) is 0 Å². The Labute approximate surface area is 225 Å². The van der Waals surface area contributed by atoms with E-state index in [0.717, 1.165) is 69.7 Å². The van der Waals surface area contributed by atoms with Crippen LogP contribution in [0.3, 0.4) is 0 Å². The molecule has 3 aromatic rings. The van der Waals surface area contributed by atoms with E-state index < -0.39 is 0 Å². The molecule has 1 aromatic heterocycles. The van der Waals surface area contributed by atoms with Gasteiger partial charge in [0.2, 0.25) is 5.91 Å². The lowest BCUT2D eigenvalue weighted by atomic mass is 9.86. The highest BCUT2D eigenvalue weighted by Crippen LogP contribution is 2.28. The summed E-state index contributed by atoms with van der Waals surface area (Å²) in [7, 11) is 1.60. The maximum Gasteiger partial charge on any atom is 0.225 e. The Balaban J connectivity index is 1.14. The summed E-state index contributed by atoms with van der Waals surface area (Å²) in [5.74, 6) is 1.26. The number of nitrogens with two attached hydrogens (primary N) is 1. The van der Waals surface area contributed by atoms with E-state index >= 15 is 0 Å². The highest BCUT2D eigenvalue weighted by Gasteiger charge is 2.32. The van der Waals surface area contributed by atoms with Crippen LogP contribution in [-0.4, -0.2) is 59.7 Å². The highest BCUT2D eigenvalue weighted by atomic mass is 16.6. The minimum absolute atomic E-state index is 0.114. The molecule has 0 radical (unpaired) electrons. The standard InChI is InChI=1S/C31H37N5O2/c1-38-34-30(26-9-7-25(8-10-26)24-5-3-2-4-6-24)27-14-19-36(20-15-27)31(37)28-12-17-35(18-13-28)22-23-11-16-33-29(32)21-23/h2-11,16,21,27-28H,12-15,17-20,22H2,1H3,(H2,32,33). The number of rotatable bonds is 7. The summed E-state index contributed by atoms with van der Waals surface area (Å²) < 4.78 is 0. The van der Waals surface area contributed by atoms with E-state index in [4.69, 9.17) is 10.6 Å². The van der Waals surface area contributed by atoms with Crippen LogP contribution in [0.1, 0.15) is 36.8 Å². The summed E-state index contributed by atoms with van der Waals surface area (Å²) in [5, 5.41) is 4.42. The second-order valence-corrected chi connectivity index (χ2v) is 10.3. The lowest BCUT2D eigenvalue weighted by Gasteiger charge is -2.37. The maximum atomic E-state index is 13.3. The van der Waals surface area contributed by atoms with Gasteiger partial charge in [0.25, 0.3) is 0 Å². The molecule has 7 heteroatoms. The molecule has 0 atom stereocenters. The van der Waals surface area contributed by atoms with Crippen molar-refractivity contribution in [3.63, 3.8) is 0 Å². The molecule has 1 amide bonds. The molecular formula is C31H37N5O2. The van der Waals surface area contributed by atoms with Crippen LogP contribution < -0.4 is 5.73 Å². The van der Waals surface area contributed by atoms with E-state index in [9.17, 15) is 4.79 Å². The number of nitrogens with zero attached hydrogens (tertiary/aromatic N) is 4. The number of likely N-dealkylation sites (tertiary alicyclic amines) is 2. The van der Waals surface area contributed by atoms with Crippen molar-refractivity contribution in [1.29, 1.82) is 0 Å². The van der Waals surface area contributed by atoms with Crippen molar-refractivity contribution in [3.8, 4) is 11.1 Å². The number of amides is 1. The zero-order valence-electron chi connectivity index (χ0n) is 22.1. The molecule has 2 N–H and O–H groups in total. The number of hydrogen-bond acceptors (Lipinski definition) is 6. The third kappa shape index (κ3) is 6.22. The molecule has 2 aliphatic heterocycles. The van der Waals surface area contributed by atoms with E-state index in [1.54, 1.807) is 13.3 Å². The fourth-order valence-corrected chi connectivity index (χ4v) is 5.75. The number of hydrogen-bond donors (Lipinski definition) is 1. The Morgan fingerprint density at radius 2 is 1.58 bits per heavy atom. The Morgan fingerprint density at radius 1 is 0.921 bits per heavy atom. The van der Waals surface area contributed by atoms with Gasteiger partial charge in [0.05, 0.1) is 5.71 Å². The van der Waals surface area contributed by atoms with Gasteiger partial charge in [-0.2, -0.15) is 0 Å². The van der Waals surface area contributed by atoms with Gasteiger partial charge in [-0.25, -0.2) is 4.98 Å². The third-order valence-corrected chi connectivity index (χ3v) is 7.86. The Hall–Kier alpha value is -3.71. The number of oxime groups is 1. The number of pyridine rings is 1. The molecule has 0 spiro atoms. The fourth-order valence-electron chi connectivity index (χ4n) is 5.75. The molecule has 2 aromatic carbocycles. The minimum Gasteiger partial charge on any atom is -0.399 e. The molecule has 2 fully saturated rings. The Bertz CT molecular complexity index is 1230. The van der Waals surface area contributed by atoms with Gasteiger partial charge < -0.3 is 15.5 Å². The van der Waals surface area contributed by atoms with Crippen LogP contribution in [0.4, 0.5) is 5.82 Å². The summed E-state index contributed by atoms with van der Waals surface area (Å²) in [4.78, 5) is 27.1. The molecule has 0 unspecified atom stereocenters. The summed E-state index contributed by atoms with van der Waals surface area (Å²) in [6.07, 6.45) is 5.37. The van der Waals surface area contributed by atoms with Crippen LogP contribution in [0, 0.1) is 11.8 Å². The number of carbonyl (C=O) groups excluding carboxylic acids is 1. The van der Waals surface area contributed by atoms with Gasteiger partial charge in [-0.15, -0.1) is 0 Å². The number of anilines is 1. The van der Waals surface area contributed by atoms with E-state index in [1.807, 2.05) is 18.2 Å². The fraction of sp³-hybridized carbons (Fsp3) is 0.387. The minimum atomic E-state index is 0.114. The second-order valence-electron chi connectivity index (χ2n) is 10.3. The number of nitrogen functional groups attached to an aromatic ring is 1. The predicted octanol–water partition coefficient (Wildman–Crippen LogP) is 4.83. The molecule has 38 heavy (non-hydrogen) atoms. The van der Waals surface area contributed by atoms with E-state index in [2.05, 4.69) is 68.5 Å². The van der Waals surface area contributed by atoms with Crippen LogP contribution in [-0.2, 0) is 16.2 Å². The van der Waals surface area contributed by atoms with Gasteiger partial charge >= 0.3 is 0 Å². The summed E-state index contributed by atoms with van der Waals surface area (Å²) in [6.45, 7) is 4.25. The third-order valence-electron chi connectivity index (χ3n) is 7.86. The Morgan fingerprint density at radius 3 is 2.24 bits per heavy atom. The first-order chi connectivity index (χ1) is 18.6. The lowest BCUT2D eigenvalue weighted by molar-refractivity contribution is -0.138. The average Bonchev–Trinajstić information content (AvgIpc) is 2.97. The molecule has 0 bridgehead atoms. The monoisotopic (exact) mass is 511 g/mol. The lowest BCUT2D eigenvalue weighted by Crippen LogP contribution is -2.46. The van der Waals surface area contributed by atoms with Gasteiger partial charge in [0.1, 0.15) is 12.9 Å². The van der Waals surface area contributed by atoms with Crippen molar-refractivity contribution in [2.75, 3.05) is 39.0 Å². The van der Waals surface area contributed by atoms with E-state index in [0.29, 0.717) is 11.7 Å². The van der Waals surface area contributed by atoms with Crippen molar-refractivity contribution in [2.45, 2.75) is 32.2 Å². The van der Waals surface area contributed by atoms with Crippen LogP contribution in [0.5, 0.6) is 0 Å². The van der Waals surface area contributed by atoms with Crippen LogP contribution in [0.15, 0.2) is 78.1 Å². The van der Waals surface area contributed by atoms with E-state index in [-0.39, 0.29) is 11.8 Å². The largest absolute Gasteiger partial charge is 0.399 e. The van der Waals surface area contributed by atoms with Gasteiger partial charge in [-0.1, -0.05) is 59.8 Å². The van der Waals surface area contributed by atoms with Crippen molar-refractivity contribution in [3.05, 3.63) is 84.1 Å². The van der Waals surface area contributed by atoms with Crippen molar-refractivity contribution in [1.82, 2.24) is 14.8 Å². The molecule has 0 saturated carbocycles. The van der Waals surface area contributed by atoms with Gasteiger partial charge in [-0.3, -0.25) is 9.69 Å². The smallest absolute Gasteiger partial charge is 0.225 e. The molecule has 2 saturated heterocycles. The first kappa shape index (κ1) is 25.9. The quantitative estimate of drug-likeness (QED) is 0.363. The van der Waals surface area contributed by atoms with E-state index in [1.165, 1.54) is 16.7 Å². The number of piperidine rings is 2. The second kappa shape index (κ2) is 12.2. The van der Waals surface area contributed by atoms with Crippen molar-refractivity contribution in [2.24, 2.45) is 17.0 Å². The van der Waals surface area contributed by atoms with Crippen molar-refractivity contribution < 1.29 is 9.63 Å². The predicted molar refractivity (Wildman–Crippen MR) is 151 cm³/mol. The first-order valence-corrected chi connectivity index (χ1v) is 13.6. The molecule has 0 aliphatic carbocycles. The Kier molecular flexibility index (Phi) is 8.34. The van der Waals surface area contributed by atoms with Crippen LogP contribution in [0.25, 0.3) is 11.1 Å². The molecule has 2 aliphatic rings. The molecule has 198 valence electrons. The molecular weight excluding hydrogens is 474 g/mol. The van der Waals surface area contributed by atoms with Crippen LogP contribution >= 0.6 is 0 Å². The number of benzene rings is 2.